The fourth-order valence-electron chi connectivity index (χ4n) is 5.15. The van der Waals surface area contributed by atoms with Crippen molar-refractivity contribution in [1.82, 2.24) is 0 Å². The Hall–Kier alpha value is -4.26. The first-order chi connectivity index (χ1) is 19.2. The molecule has 0 fully saturated rings. The van der Waals surface area contributed by atoms with E-state index in [4.69, 9.17) is 0 Å². The Labute approximate surface area is 232 Å². The van der Waals surface area contributed by atoms with Gasteiger partial charge in [0.15, 0.2) is 0 Å². The molecule has 0 radical (unpaired) electrons. The van der Waals surface area contributed by atoms with Gasteiger partial charge in [-0.3, -0.25) is 0 Å². The summed E-state index contributed by atoms with van der Waals surface area (Å²) < 4.78 is 0. The van der Waals surface area contributed by atoms with Gasteiger partial charge in [0, 0.05) is 12.0 Å². The van der Waals surface area contributed by atoms with E-state index in [1.165, 1.54) is 15.9 Å². The Balaban J connectivity index is 1.66. The summed E-state index contributed by atoms with van der Waals surface area (Å²) in [5.41, 5.74) is 5.53. The van der Waals surface area contributed by atoms with Crippen LogP contribution in [0.25, 0.3) is 16.7 Å². The molecular weight excluding hydrogens is 495 g/mol. The first-order valence-corrected chi connectivity index (χ1v) is 14.6. The first-order valence-electron chi connectivity index (χ1n) is 13.3. The van der Waals surface area contributed by atoms with E-state index in [0.717, 1.165) is 27.8 Å². The fraction of sp³-hybridized carbons (Fsp3) is 0.0833. The molecule has 192 valence electrons. The van der Waals surface area contributed by atoms with Crippen LogP contribution in [0.5, 0.6) is 0 Å². The number of benzene rings is 5. The molecule has 0 bridgehead atoms. The maximum atomic E-state index is 12.6. The zero-order valence-electron chi connectivity index (χ0n) is 22.0. The second kappa shape index (κ2) is 12.5. The zero-order chi connectivity index (χ0) is 27.0. The number of hydrogen-bond acceptors (Lipinski definition) is 1. The molecule has 39 heavy (non-hydrogen) atoms. The lowest BCUT2D eigenvalue weighted by molar-refractivity contribution is -0.132. The highest BCUT2D eigenvalue weighted by Gasteiger charge is 2.22. The summed E-state index contributed by atoms with van der Waals surface area (Å²) in [7, 11) is -0.816. The summed E-state index contributed by atoms with van der Waals surface area (Å²) in [5, 5.41) is 14.2. The van der Waals surface area contributed by atoms with Gasteiger partial charge in [-0.1, -0.05) is 146 Å². The van der Waals surface area contributed by atoms with Crippen molar-refractivity contribution < 1.29 is 9.90 Å². The maximum absolute atomic E-state index is 12.6. The molecule has 0 atom stereocenters. The summed E-state index contributed by atoms with van der Waals surface area (Å²) >= 11 is 0. The molecule has 0 saturated heterocycles. The van der Waals surface area contributed by atoms with Crippen LogP contribution in [0.1, 0.15) is 24.5 Å². The summed E-state index contributed by atoms with van der Waals surface area (Å²) in [6.07, 6.45) is 1.00. The van der Waals surface area contributed by atoms with Crippen LogP contribution in [0.4, 0.5) is 0 Å². The molecule has 0 aliphatic carbocycles. The predicted octanol–water partition coefficient (Wildman–Crippen LogP) is 7.60. The molecule has 5 rings (SSSR count). The van der Waals surface area contributed by atoms with Gasteiger partial charge in [-0.15, -0.1) is 0 Å². The number of carbonyl (C=O) groups is 1. The third kappa shape index (κ3) is 5.93. The molecule has 0 aliphatic heterocycles. The molecule has 0 spiro atoms. The highest BCUT2D eigenvalue weighted by atomic mass is 31.1. The molecule has 0 unspecified atom stereocenters. The van der Waals surface area contributed by atoms with Gasteiger partial charge in [0.05, 0.1) is 0 Å². The number of carboxylic acids is 1. The van der Waals surface area contributed by atoms with Gasteiger partial charge in [-0.05, 0) is 58.1 Å². The van der Waals surface area contributed by atoms with Crippen molar-refractivity contribution in [2.24, 2.45) is 0 Å². The second-order valence-electron chi connectivity index (χ2n) is 9.34. The van der Waals surface area contributed by atoms with Gasteiger partial charge in [0.1, 0.15) is 0 Å². The SMILES string of the molecule is CC/C(=C(/Cc1ccccc1-c1ccccc1P(c1ccccc1)c1ccccc1)C(=O)O)c1ccccc1. The first kappa shape index (κ1) is 26.4. The standard InChI is InChI=1S/C36H31O2P/c1-2-31(27-16-6-3-7-17-27)34(36(37)38)26-28-18-12-13-23-32(28)33-24-14-15-25-35(33)39(29-19-8-4-9-20-29)30-21-10-5-11-22-30/h3-25H,2,26H2,1H3,(H,37,38)/b34-31+. The average Bonchev–Trinajstić information content (AvgIpc) is 2.99. The fourth-order valence-corrected chi connectivity index (χ4v) is 7.61. The van der Waals surface area contributed by atoms with Crippen molar-refractivity contribution in [1.29, 1.82) is 0 Å². The van der Waals surface area contributed by atoms with Crippen LogP contribution < -0.4 is 15.9 Å². The Kier molecular flexibility index (Phi) is 8.46. The van der Waals surface area contributed by atoms with Crippen molar-refractivity contribution in [2.75, 3.05) is 0 Å². The van der Waals surface area contributed by atoms with Crippen molar-refractivity contribution in [3.8, 4) is 11.1 Å². The highest BCUT2D eigenvalue weighted by molar-refractivity contribution is 7.80. The van der Waals surface area contributed by atoms with Crippen molar-refractivity contribution in [3.63, 3.8) is 0 Å². The maximum Gasteiger partial charge on any atom is 0.332 e. The summed E-state index contributed by atoms with van der Waals surface area (Å²) in [6.45, 7) is 2.03. The lowest BCUT2D eigenvalue weighted by Gasteiger charge is -2.23. The van der Waals surface area contributed by atoms with Crippen molar-refractivity contribution >= 4 is 35.4 Å². The van der Waals surface area contributed by atoms with Crippen molar-refractivity contribution in [3.05, 3.63) is 156 Å². The number of aliphatic carboxylic acids is 1. The van der Waals surface area contributed by atoms with E-state index >= 15 is 0 Å². The molecule has 0 aromatic heterocycles. The van der Waals surface area contributed by atoms with Crippen LogP contribution in [0.15, 0.2) is 145 Å². The molecule has 5 aromatic rings. The molecule has 1 N–H and O–H groups in total. The largest absolute Gasteiger partial charge is 0.478 e. The molecule has 0 heterocycles. The van der Waals surface area contributed by atoms with Gasteiger partial charge >= 0.3 is 5.97 Å². The van der Waals surface area contributed by atoms with Gasteiger partial charge in [-0.25, -0.2) is 4.79 Å². The van der Waals surface area contributed by atoms with Crippen LogP contribution in [-0.2, 0) is 11.2 Å². The van der Waals surface area contributed by atoms with E-state index in [1.54, 1.807) is 0 Å². The van der Waals surface area contributed by atoms with E-state index < -0.39 is 13.9 Å². The quantitative estimate of drug-likeness (QED) is 0.159. The third-order valence-corrected chi connectivity index (χ3v) is 9.45. The third-order valence-electron chi connectivity index (χ3n) is 6.95. The van der Waals surface area contributed by atoms with E-state index in [1.807, 2.05) is 49.4 Å². The van der Waals surface area contributed by atoms with E-state index in [2.05, 4.69) is 97.1 Å². The van der Waals surface area contributed by atoms with Crippen LogP contribution in [0.2, 0.25) is 0 Å². The van der Waals surface area contributed by atoms with Crippen LogP contribution in [0, 0.1) is 0 Å². The molecule has 2 nitrogen and oxygen atoms in total. The lowest BCUT2D eigenvalue weighted by Crippen LogP contribution is -2.22. The van der Waals surface area contributed by atoms with Gasteiger partial charge in [-0.2, -0.15) is 0 Å². The van der Waals surface area contributed by atoms with Crippen LogP contribution >= 0.6 is 7.92 Å². The normalized spacial score (nSPS) is 11.7. The van der Waals surface area contributed by atoms with Gasteiger partial charge in [0.25, 0.3) is 0 Å². The minimum atomic E-state index is -0.866. The topological polar surface area (TPSA) is 37.3 Å². The number of allylic oxidation sites excluding steroid dienone is 1. The minimum Gasteiger partial charge on any atom is -0.478 e. The highest BCUT2D eigenvalue weighted by Crippen LogP contribution is 2.38. The Morgan fingerprint density at radius 3 is 1.67 bits per heavy atom. The van der Waals surface area contributed by atoms with E-state index in [0.29, 0.717) is 18.4 Å². The van der Waals surface area contributed by atoms with Crippen LogP contribution in [-0.4, -0.2) is 11.1 Å². The Morgan fingerprint density at radius 2 is 1.10 bits per heavy atom. The zero-order valence-corrected chi connectivity index (χ0v) is 22.9. The van der Waals surface area contributed by atoms with Gasteiger partial charge < -0.3 is 5.11 Å². The van der Waals surface area contributed by atoms with Gasteiger partial charge in [0.2, 0.25) is 0 Å². The second-order valence-corrected chi connectivity index (χ2v) is 11.5. The number of hydrogen-bond donors (Lipinski definition) is 1. The van der Waals surface area contributed by atoms with Crippen molar-refractivity contribution in [2.45, 2.75) is 19.8 Å². The number of rotatable bonds is 9. The minimum absolute atomic E-state index is 0.354. The molecule has 0 saturated carbocycles. The summed E-state index contributed by atoms with van der Waals surface area (Å²) in [6, 6.07) is 48.1. The smallest absolute Gasteiger partial charge is 0.332 e. The molecular formula is C36H31O2P. The molecule has 0 amide bonds. The number of carboxylic acid groups (broad SMARTS) is 1. The van der Waals surface area contributed by atoms with Crippen LogP contribution in [0.3, 0.4) is 0 Å². The summed E-state index contributed by atoms with van der Waals surface area (Å²) in [5.74, 6) is -0.866. The Morgan fingerprint density at radius 1 is 0.615 bits per heavy atom. The lowest BCUT2D eigenvalue weighted by atomic mass is 9.90. The van der Waals surface area contributed by atoms with E-state index in [9.17, 15) is 9.90 Å². The average molecular weight is 527 g/mol. The monoisotopic (exact) mass is 526 g/mol. The molecule has 3 heteroatoms. The predicted molar refractivity (Wildman–Crippen MR) is 166 cm³/mol. The Bertz CT molecular complexity index is 1540. The molecule has 5 aromatic carbocycles. The summed E-state index contributed by atoms with van der Waals surface area (Å²) in [4.78, 5) is 12.6. The van der Waals surface area contributed by atoms with E-state index in [-0.39, 0.29) is 0 Å². The molecule has 0 aliphatic rings.